The van der Waals surface area contributed by atoms with E-state index in [4.69, 9.17) is 0 Å². The van der Waals surface area contributed by atoms with E-state index in [1.54, 1.807) is 36.4 Å². The maximum atomic E-state index is 12.9. The molecular formula is C25H30N2O3. The van der Waals surface area contributed by atoms with Crippen LogP contribution in [-0.2, 0) is 0 Å². The van der Waals surface area contributed by atoms with Crippen LogP contribution in [0.1, 0.15) is 66.7 Å². The number of carboxylic acid groups (broad SMARTS) is 1. The van der Waals surface area contributed by atoms with E-state index >= 15 is 0 Å². The molecule has 0 aliphatic heterocycles. The van der Waals surface area contributed by atoms with Crippen LogP contribution in [0.5, 0.6) is 0 Å². The Morgan fingerprint density at radius 3 is 2.23 bits per heavy atom. The van der Waals surface area contributed by atoms with Crippen molar-refractivity contribution in [2.24, 2.45) is 17.8 Å². The zero-order chi connectivity index (χ0) is 21.3. The van der Waals surface area contributed by atoms with E-state index in [-0.39, 0.29) is 17.0 Å². The van der Waals surface area contributed by atoms with Gasteiger partial charge in [0.1, 0.15) is 0 Å². The largest absolute Gasteiger partial charge is 0.478 e. The first-order chi connectivity index (χ1) is 14.3. The standard InChI is InChI=1S/C25H30N2O3/c1-16-11-17-13-18(12-16)15-25(2,14-17)27-23(28)19-7-9-20(10-8-19)26-22-6-4-3-5-21(22)24(29)30/h3-10,16-18,26H,11-15H2,1-2H3,(H,27,28)(H,29,30). The first kappa shape index (κ1) is 20.5. The summed E-state index contributed by atoms with van der Waals surface area (Å²) in [6, 6.07) is 14.0. The number of fused-ring (bicyclic) bond motifs is 2. The molecule has 2 unspecified atom stereocenters. The molecule has 5 heteroatoms. The van der Waals surface area contributed by atoms with Gasteiger partial charge in [0.2, 0.25) is 0 Å². The summed E-state index contributed by atoms with van der Waals surface area (Å²) in [6.45, 7) is 4.55. The zero-order valence-corrected chi connectivity index (χ0v) is 17.7. The predicted octanol–water partition coefficient (Wildman–Crippen LogP) is 5.46. The third kappa shape index (κ3) is 4.50. The minimum Gasteiger partial charge on any atom is -0.478 e. The number of nitrogens with one attached hydrogen (secondary N) is 2. The highest BCUT2D eigenvalue weighted by atomic mass is 16.4. The van der Waals surface area contributed by atoms with Gasteiger partial charge in [0.15, 0.2) is 0 Å². The molecule has 2 aliphatic rings. The van der Waals surface area contributed by atoms with Gasteiger partial charge in [-0.25, -0.2) is 4.79 Å². The number of aromatic carboxylic acids is 1. The molecular weight excluding hydrogens is 376 g/mol. The fraction of sp³-hybridized carbons (Fsp3) is 0.440. The first-order valence-corrected chi connectivity index (χ1v) is 10.8. The van der Waals surface area contributed by atoms with Crippen molar-refractivity contribution in [1.82, 2.24) is 5.32 Å². The molecule has 0 aromatic heterocycles. The van der Waals surface area contributed by atoms with E-state index in [9.17, 15) is 14.7 Å². The summed E-state index contributed by atoms with van der Waals surface area (Å²) in [4.78, 5) is 24.3. The minimum absolute atomic E-state index is 0.0389. The number of hydrogen-bond donors (Lipinski definition) is 3. The Hall–Kier alpha value is -2.82. The number of para-hydroxylation sites is 1. The van der Waals surface area contributed by atoms with Crippen molar-refractivity contribution >= 4 is 23.3 Å². The Bertz CT molecular complexity index is 920. The Labute approximate surface area is 177 Å². The summed E-state index contributed by atoms with van der Waals surface area (Å²) in [5, 5.41) is 15.8. The maximum absolute atomic E-state index is 12.9. The third-order valence-electron chi connectivity index (χ3n) is 6.62. The molecule has 3 N–H and O–H groups in total. The van der Waals surface area contributed by atoms with Gasteiger partial charge < -0.3 is 15.7 Å². The summed E-state index contributed by atoms with van der Waals surface area (Å²) in [7, 11) is 0. The molecule has 0 radical (unpaired) electrons. The fourth-order valence-electron chi connectivity index (χ4n) is 5.68. The number of hydrogen-bond acceptors (Lipinski definition) is 3. The summed E-state index contributed by atoms with van der Waals surface area (Å²) < 4.78 is 0. The summed E-state index contributed by atoms with van der Waals surface area (Å²) in [5.74, 6) is 1.23. The highest BCUT2D eigenvalue weighted by molar-refractivity contribution is 5.96. The SMILES string of the molecule is CC1CC2CC(C1)CC(C)(NC(=O)c1ccc(Nc3ccccc3C(=O)O)cc1)C2. The van der Waals surface area contributed by atoms with E-state index in [1.165, 1.54) is 19.3 Å². The molecule has 0 spiro atoms. The lowest BCUT2D eigenvalue weighted by atomic mass is 9.62. The molecule has 0 saturated heterocycles. The van der Waals surface area contributed by atoms with Crippen LogP contribution in [0.4, 0.5) is 11.4 Å². The number of carboxylic acids is 1. The molecule has 5 nitrogen and oxygen atoms in total. The molecule has 2 bridgehead atoms. The van der Waals surface area contributed by atoms with Gasteiger partial charge >= 0.3 is 5.97 Å². The smallest absolute Gasteiger partial charge is 0.337 e. The number of rotatable bonds is 5. The van der Waals surface area contributed by atoms with Crippen LogP contribution in [0.3, 0.4) is 0 Å². The average Bonchev–Trinajstić information content (AvgIpc) is 2.67. The van der Waals surface area contributed by atoms with Crippen LogP contribution >= 0.6 is 0 Å². The lowest BCUT2D eigenvalue weighted by molar-refractivity contribution is 0.0614. The minimum atomic E-state index is -0.978. The molecule has 2 fully saturated rings. The summed E-state index contributed by atoms with van der Waals surface area (Å²) in [5.41, 5.74) is 1.97. The van der Waals surface area contributed by atoms with E-state index < -0.39 is 5.97 Å². The van der Waals surface area contributed by atoms with Crippen molar-refractivity contribution in [3.63, 3.8) is 0 Å². The van der Waals surface area contributed by atoms with Gasteiger partial charge in [0.05, 0.1) is 11.3 Å². The van der Waals surface area contributed by atoms with Crippen molar-refractivity contribution in [2.75, 3.05) is 5.32 Å². The van der Waals surface area contributed by atoms with Crippen LogP contribution in [-0.4, -0.2) is 22.5 Å². The van der Waals surface area contributed by atoms with Crippen molar-refractivity contribution in [1.29, 1.82) is 0 Å². The van der Waals surface area contributed by atoms with Gasteiger partial charge in [-0.05, 0) is 93.2 Å². The van der Waals surface area contributed by atoms with Crippen LogP contribution in [0.15, 0.2) is 48.5 Å². The summed E-state index contributed by atoms with van der Waals surface area (Å²) in [6.07, 6.45) is 5.99. The highest BCUT2D eigenvalue weighted by Gasteiger charge is 2.41. The molecule has 2 atom stereocenters. The van der Waals surface area contributed by atoms with Crippen LogP contribution in [0, 0.1) is 17.8 Å². The maximum Gasteiger partial charge on any atom is 0.337 e. The molecule has 0 heterocycles. The average molecular weight is 407 g/mol. The molecule has 2 aliphatic carbocycles. The molecule has 2 saturated carbocycles. The fourth-order valence-corrected chi connectivity index (χ4v) is 5.68. The van der Waals surface area contributed by atoms with Gasteiger partial charge in [-0.2, -0.15) is 0 Å². The van der Waals surface area contributed by atoms with E-state index in [1.807, 2.05) is 12.1 Å². The van der Waals surface area contributed by atoms with Gasteiger partial charge in [-0.3, -0.25) is 4.79 Å². The lowest BCUT2D eigenvalue weighted by Gasteiger charge is -2.47. The zero-order valence-electron chi connectivity index (χ0n) is 17.7. The predicted molar refractivity (Wildman–Crippen MR) is 118 cm³/mol. The van der Waals surface area contributed by atoms with Gasteiger partial charge in [-0.1, -0.05) is 19.1 Å². The third-order valence-corrected chi connectivity index (χ3v) is 6.62. The van der Waals surface area contributed by atoms with Gasteiger partial charge in [-0.15, -0.1) is 0 Å². The Balaban J connectivity index is 1.42. The second-order valence-electron chi connectivity index (χ2n) is 9.52. The van der Waals surface area contributed by atoms with E-state index in [0.29, 0.717) is 11.3 Å². The summed E-state index contributed by atoms with van der Waals surface area (Å²) >= 11 is 0. The second kappa shape index (κ2) is 8.13. The van der Waals surface area contributed by atoms with Crippen molar-refractivity contribution in [3.05, 3.63) is 59.7 Å². The normalized spacial score (nSPS) is 27.9. The second-order valence-corrected chi connectivity index (χ2v) is 9.52. The molecule has 4 rings (SSSR count). The number of amides is 1. The Morgan fingerprint density at radius 2 is 1.60 bits per heavy atom. The number of benzene rings is 2. The van der Waals surface area contributed by atoms with Gasteiger partial charge in [0.25, 0.3) is 5.91 Å². The van der Waals surface area contributed by atoms with Crippen molar-refractivity contribution < 1.29 is 14.7 Å². The van der Waals surface area contributed by atoms with Crippen LogP contribution < -0.4 is 10.6 Å². The Morgan fingerprint density at radius 1 is 0.967 bits per heavy atom. The molecule has 30 heavy (non-hydrogen) atoms. The van der Waals surface area contributed by atoms with Crippen molar-refractivity contribution in [3.8, 4) is 0 Å². The number of carbonyl (C=O) groups excluding carboxylic acids is 1. The molecule has 158 valence electrons. The first-order valence-electron chi connectivity index (χ1n) is 10.8. The van der Waals surface area contributed by atoms with Gasteiger partial charge in [0, 0.05) is 16.8 Å². The molecule has 2 aromatic carbocycles. The topological polar surface area (TPSA) is 78.4 Å². The van der Waals surface area contributed by atoms with E-state index in [0.717, 1.165) is 36.3 Å². The molecule has 2 aromatic rings. The monoisotopic (exact) mass is 406 g/mol. The highest BCUT2D eigenvalue weighted by Crippen LogP contribution is 2.46. The van der Waals surface area contributed by atoms with Crippen LogP contribution in [0.25, 0.3) is 0 Å². The van der Waals surface area contributed by atoms with Crippen LogP contribution in [0.2, 0.25) is 0 Å². The molecule has 1 amide bonds. The quantitative estimate of drug-likeness (QED) is 0.616. The van der Waals surface area contributed by atoms with E-state index in [2.05, 4.69) is 24.5 Å². The number of anilines is 2. The number of carbonyl (C=O) groups is 2. The Kier molecular flexibility index (Phi) is 5.54. The van der Waals surface area contributed by atoms with Crippen molar-refractivity contribution in [2.45, 2.75) is 51.5 Å². The lowest BCUT2D eigenvalue weighted by Crippen LogP contribution is -2.52.